The van der Waals surface area contributed by atoms with E-state index in [1.54, 1.807) is 24.3 Å². The average Bonchev–Trinajstić information content (AvgIpc) is 2.86. The van der Waals surface area contributed by atoms with Gasteiger partial charge in [0.1, 0.15) is 18.3 Å². The monoisotopic (exact) mass is 509 g/mol. The van der Waals surface area contributed by atoms with E-state index in [0.717, 1.165) is 21.8 Å². The second-order valence-electron chi connectivity index (χ2n) is 8.67. The third kappa shape index (κ3) is 6.79. The Morgan fingerprint density at radius 1 is 0.892 bits per heavy atom. The summed E-state index contributed by atoms with van der Waals surface area (Å²) >= 11 is 0. The number of carbonyl (C=O) groups is 5. The molecule has 0 aliphatic carbocycles. The van der Waals surface area contributed by atoms with Gasteiger partial charge < -0.3 is 9.47 Å². The van der Waals surface area contributed by atoms with Gasteiger partial charge in [0.2, 0.25) is 11.8 Å². The summed E-state index contributed by atoms with van der Waals surface area (Å²) in [6.45, 7) is 3.80. The van der Waals surface area contributed by atoms with Crippen LogP contribution in [0.3, 0.4) is 0 Å². The van der Waals surface area contributed by atoms with Crippen molar-refractivity contribution in [3.63, 3.8) is 0 Å². The molecule has 1 atom stereocenters. The molecule has 10 nitrogen and oxygen atoms in total. The van der Waals surface area contributed by atoms with E-state index in [1.807, 2.05) is 6.92 Å². The normalized spacial score (nSPS) is 15.6. The zero-order valence-corrected chi connectivity index (χ0v) is 21.2. The quantitative estimate of drug-likeness (QED) is 0.354. The molecule has 196 valence electrons. The zero-order chi connectivity index (χ0) is 26.9. The molecule has 0 spiro atoms. The van der Waals surface area contributed by atoms with Crippen LogP contribution in [0.1, 0.15) is 38.7 Å². The minimum absolute atomic E-state index is 0.00421. The van der Waals surface area contributed by atoms with Crippen LogP contribution in [0.2, 0.25) is 0 Å². The standard InChI is InChI=1S/C27H31N3O7/c1-4-5-6-23-24(32)29(21-11-7-19(8-12-21)17-18(2)31)27(35)30(25(23)33)22-13-9-20(10-14-22)28-26(34)37-16-15-36-3/h7-14,23H,4-6,15-17H2,1-3H3,(H,28,34). The second-order valence-corrected chi connectivity index (χ2v) is 8.67. The minimum atomic E-state index is -1.01. The van der Waals surface area contributed by atoms with Crippen molar-refractivity contribution in [2.24, 2.45) is 5.92 Å². The third-order valence-electron chi connectivity index (χ3n) is 5.81. The van der Waals surface area contributed by atoms with E-state index in [0.29, 0.717) is 24.2 Å². The molecular formula is C27H31N3O7. The van der Waals surface area contributed by atoms with Gasteiger partial charge in [0.25, 0.3) is 0 Å². The van der Waals surface area contributed by atoms with E-state index in [-0.39, 0.29) is 31.1 Å². The molecule has 10 heteroatoms. The molecule has 0 aromatic heterocycles. The lowest BCUT2D eigenvalue weighted by molar-refractivity contribution is -0.133. The molecule has 0 radical (unpaired) electrons. The molecule has 0 saturated carbocycles. The van der Waals surface area contributed by atoms with E-state index in [4.69, 9.17) is 9.47 Å². The van der Waals surface area contributed by atoms with Crippen LogP contribution in [0.5, 0.6) is 0 Å². The predicted octanol–water partition coefficient (Wildman–Crippen LogP) is 4.32. The summed E-state index contributed by atoms with van der Waals surface area (Å²) in [5.74, 6) is -2.18. The SMILES string of the molecule is CCCCC1C(=O)N(c2ccc(CC(C)=O)cc2)C(=O)N(c2ccc(NC(=O)OCCOC)cc2)C1=O. The maximum absolute atomic E-state index is 13.5. The molecule has 2 aromatic rings. The molecule has 1 saturated heterocycles. The van der Waals surface area contributed by atoms with Gasteiger partial charge in [0, 0.05) is 19.2 Å². The molecule has 1 fully saturated rings. The number of Topliss-reactive ketones (excluding diaryl/α,β-unsaturated/α-hetero) is 1. The number of benzene rings is 2. The van der Waals surface area contributed by atoms with Crippen LogP contribution in [0.25, 0.3) is 0 Å². The Bertz CT molecular complexity index is 1150. The number of amides is 5. The van der Waals surface area contributed by atoms with Crippen molar-refractivity contribution < 1.29 is 33.4 Å². The maximum atomic E-state index is 13.5. The van der Waals surface area contributed by atoms with Crippen LogP contribution < -0.4 is 15.1 Å². The summed E-state index contributed by atoms with van der Waals surface area (Å²) in [6, 6.07) is 11.9. The average molecular weight is 510 g/mol. The minimum Gasteiger partial charge on any atom is -0.447 e. The van der Waals surface area contributed by atoms with Crippen molar-refractivity contribution in [1.29, 1.82) is 0 Å². The fourth-order valence-corrected chi connectivity index (χ4v) is 3.95. The number of ketones is 1. The fourth-order valence-electron chi connectivity index (χ4n) is 3.95. The highest BCUT2D eigenvalue weighted by molar-refractivity contribution is 6.36. The Morgan fingerprint density at radius 3 is 1.97 bits per heavy atom. The van der Waals surface area contributed by atoms with Crippen LogP contribution in [0.4, 0.5) is 26.7 Å². The number of hydrogen-bond acceptors (Lipinski definition) is 7. The van der Waals surface area contributed by atoms with Crippen molar-refractivity contribution in [3.8, 4) is 0 Å². The van der Waals surface area contributed by atoms with Gasteiger partial charge in [0.15, 0.2) is 0 Å². The first-order valence-corrected chi connectivity index (χ1v) is 12.1. The van der Waals surface area contributed by atoms with Gasteiger partial charge >= 0.3 is 12.1 Å². The van der Waals surface area contributed by atoms with E-state index >= 15 is 0 Å². The molecule has 3 rings (SSSR count). The van der Waals surface area contributed by atoms with E-state index in [2.05, 4.69) is 5.32 Å². The Labute approximate surface area is 215 Å². The first-order chi connectivity index (χ1) is 17.8. The van der Waals surface area contributed by atoms with Gasteiger partial charge in [-0.15, -0.1) is 0 Å². The number of barbiturate groups is 1. The number of imide groups is 2. The fraction of sp³-hybridized carbons (Fsp3) is 0.370. The molecule has 0 bridgehead atoms. The number of nitrogens with zero attached hydrogens (tertiary/aromatic N) is 2. The van der Waals surface area contributed by atoms with Crippen molar-refractivity contribution in [2.75, 3.05) is 35.4 Å². The Balaban J connectivity index is 1.87. The lowest BCUT2D eigenvalue weighted by Crippen LogP contribution is -2.60. The van der Waals surface area contributed by atoms with Crippen molar-refractivity contribution in [3.05, 3.63) is 54.1 Å². The highest BCUT2D eigenvalue weighted by Gasteiger charge is 2.46. The van der Waals surface area contributed by atoms with Crippen LogP contribution in [0.15, 0.2) is 48.5 Å². The number of nitrogens with one attached hydrogen (secondary N) is 1. The number of hydrogen-bond donors (Lipinski definition) is 1. The smallest absolute Gasteiger partial charge is 0.411 e. The van der Waals surface area contributed by atoms with Gasteiger partial charge in [-0.1, -0.05) is 31.9 Å². The number of methoxy groups -OCH3 is 1. The number of anilines is 3. The highest BCUT2D eigenvalue weighted by Crippen LogP contribution is 2.31. The summed E-state index contributed by atoms with van der Waals surface area (Å²) in [6.07, 6.45) is 1.31. The molecule has 1 N–H and O–H groups in total. The van der Waals surface area contributed by atoms with Gasteiger partial charge in [-0.05, 0) is 55.3 Å². The summed E-state index contributed by atoms with van der Waals surface area (Å²) < 4.78 is 9.80. The summed E-state index contributed by atoms with van der Waals surface area (Å²) in [5, 5.41) is 2.56. The van der Waals surface area contributed by atoms with Gasteiger partial charge in [0.05, 0.1) is 18.0 Å². The van der Waals surface area contributed by atoms with Crippen LogP contribution in [-0.4, -0.2) is 50.0 Å². The molecule has 5 amide bonds. The van der Waals surface area contributed by atoms with Gasteiger partial charge in [-0.2, -0.15) is 0 Å². The topological polar surface area (TPSA) is 122 Å². The van der Waals surface area contributed by atoms with E-state index in [9.17, 15) is 24.0 Å². The number of urea groups is 1. The van der Waals surface area contributed by atoms with E-state index in [1.165, 1.54) is 38.3 Å². The summed E-state index contributed by atoms with van der Waals surface area (Å²) in [4.78, 5) is 65.4. The number of rotatable bonds is 11. The summed E-state index contributed by atoms with van der Waals surface area (Å²) in [7, 11) is 1.49. The van der Waals surface area contributed by atoms with Crippen LogP contribution in [0, 0.1) is 5.92 Å². The zero-order valence-electron chi connectivity index (χ0n) is 21.2. The Hall–Kier alpha value is -4.05. The van der Waals surface area contributed by atoms with Crippen molar-refractivity contribution in [2.45, 2.75) is 39.5 Å². The lowest BCUT2D eigenvalue weighted by atomic mass is 9.95. The summed E-state index contributed by atoms with van der Waals surface area (Å²) in [5.41, 5.74) is 1.74. The number of unbranched alkanes of at least 4 members (excludes halogenated alkanes) is 1. The van der Waals surface area contributed by atoms with E-state index < -0.39 is 29.9 Å². The third-order valence-corrected chi connectivity index (χ3v) is 5.81. The molecule has 37 heavy (non-hydrogen) atoms. The molecular weight excluding hydrogens is 478 g/mol. The first-order valence-electron chi connectivity index (χ1n) is 12.1. The lowest BCUT2D eigenvalue weighted by Gasteiger charge is -2.37. The van der Waals surface area contributed by atoms with Crippen LogP contribution >= 0.6 is 0 Å². The van der Waals surface area contributed by atoms with Crippen LogP contribution in [-0.2, 0) is 30.3 Å². The number of ether oxygens (including phenoxy) is 2. The van der Waals surface area contributed by atoms with Gasteiger partial charge in [-0.3, -0.25) is 19.7 Å². The number of carbonyl (C=O) groups excluding carboxylic acids is 5. The molecule has 2 aromatic carbocycles. The Morgan fingerprint density at radius 2 is 1.46 bits per heavy atom. The molecule has 1 unspecified atom stereocenters. The van der Waals surface area contributed by atoms with Crippen molar-refractivity contribution >= 4 is 46.8 Å². The molecule has 1 aliphatic heterocycles. The van der Waals surface area contributed by atoms with Gasteiger partial charge in [-0.25, -0.2) is 19.4 Å². The molecule has 1 aliphatic rings. The van der Waals surface area contributed by atoms with Crippen molar-refractivity contribution in [1.82, 2.24) is 0 Å². The Kier molecular flexibility index (Phi) is 9.51. The highest BCUT2D eigenvalue weighted by atomic mass is 16.6. The molecule has 1 heterocycles. The maximum Gasteiger partial charge on any atom is 0.411 e. The predicted molar refractivity (Wildman–Crippen MR) is 137 cm³/mol. The second kappa shape index (κ2) is 12.8. The first kappa shape index (κ1) is 27.5. The largest absolute Gasteiger partial charge is 0.447 e.